The first kappa shape index (κ1) is 15.6. The van der Waals surface area contributed by atoms with Gasteiger partial charge in [0.1, 0.15) is 12.4 Å². The van der Waals surface area contributed by atoms with Crippen molar-refractivity contribution in [1.29, 1.82) is 0 Å². The lowest BCUT2D eigenvalue weighted by Gasteiger charge is -2.15. The first-order valence-corrected chi connectivity index (χ1v) is 7.73. The Morgan fingerprint density at radius 2 is 1.86 bits per heavy atom. The third kappa shape index (κ3) is 4.11. The minimum absolute atomic E-state index is 0.521. The molecule has 0 atom stereocenters. The molecule has 0 aliphatic rings. The standard InChI is InChI=1S/C18H20BrNO/c1-4-9-21-17-8-6-5-7-15(17)12-20-18-13(2)10-16(19)11-14(18)3/h4-8,10-11,20H,1,9,12H2,2-3H3. The highest BCUT2D eigenvalue weighted by molar-refractivity contribution is 9.10. The molecule has 0 spiro atoms. The molecule has 1 N–H and O–H groups in total. The quantitative estimate of drug-likeness (QED) is 0.722. The van der Waals surface area contributed by atoms with E-state index < -0.39 is 0 Å². The number of anilines is 1. The summed E-state index contributed by atoms with van der Waals surface area (Å²) in [5.74, 6) is 0.900. The Morgan fingerprint density at radius 1 is 1.19 bits per heavy atom. The van der Waals surface area contributed by atoms with Crippen LogP contribution < -0.4 is 10.1 Å². The van der Waals surface area contributed by atoms with Gasteiger partial charge in [0, 0.05) is 22.3 Å². The maximum atomic E-state index is 5.69. The molecular weight excluding hydrogens is 326 g/mol. The van der Waals surface area contributed by atoms with E-state index in [2.05, 4.69) is 59.9 Å². The summed E-state index contributed by atoms with van der Waals surface area (Å²) in [6.07, 6.45) is 1.76. The van der Waals surface area contributed by atoms with Crippen LogP contribution in [-0.4, -0.2) is 6.61 Å². The molecule has 0 amide bonds. The Balaban J connectivity index is 2.15. The van der Waals surface area contributed by atoms with Crippen molar-refractivity contribution in [1.82, 2.24) is 0 Å². The maximum Gasteiger partial charge on any atom is 0.124 e. The van der Waals surface area contributed by atoms with Crippen LogP contribution >= 0.6 is 15.9 Å². The molecule has 21 heavy (non-hydrogen) atoms. The van der Waals surface area contributed by atoms with Gasteiger partial charge in [0.25, 0.3) is 0 Å². The molecule has 2 rings (SSSR count). The normalized spacial score (nSPS) is 10.2. The molecule has 0 saturated carbocycles. The molecule has 0 aromatic heterocycles. The van der Waals surface area contributed by atoms with Crippen molar-refractivity contribution in [3.63, 3.8) is 0 Å². The van der Waals surface area contributed by atoms with E-state index in [1.807, 2.05) is 18.2 Å². The molecular formula is C18H20BrNO. The average Bonchev–Trinajstić information content (AvgIpc) is 2.45. The number of benzene rings is 2. The van der Waals surface area contributed by atoms with Gasteiger partial charge in [-0.3, -0.25) is 0 Å². The second-order valence-corrected chi connectivity index (χ2v) is 5.89. The van der Waals surface area contributed by atoms with Gasteiger partial charge in [0.2, 0.25) is 0 Å². The molecule has 0 aliphatic carbocycles. The van der Waals surface area contributed by atoms with Gasteiger partial charge in [0.05, 0.1) is 0 Å². The number of ether oxygens (including phenoxy) is 1. The summed E-state index contributed by atoms with van der Waals surface area (Å²) in [5.41, 5.74) is 4.77. The number of para-hydroxylation sites is 1. The van der Waals surface area contributed by atoms with Crippen LogP contribution in [-0.2, 0) is 6.54 Å². The Hall–Kier alpha value is -1.74. The van der Waals surface area contributed by atoms with Crippen molar-refractivity contribution in [3.05, 3.63) is 70.2 Å². The van der Waals surface area contributed by atoms with Gasteiger partial charge < -0.3 is 10.1 Å². The van der Waals surface area contributed by atoms with Gasteiger partial charge in [-0.1, -0.05) is 46.8 Å². The zero-order valence-electron chi connectivity index (χ0n) is 12.4. The molecule has 0 radical (unpaired) electrons. The van der Waals surface area contributed by atoms with E-state index in [4.69, 9.17) is 4.74 Å². The smallest absolute Gasteiger partial charge is 0.124 e. The molecule has 2 nitrogen and oxygen atoms in total. The first-order chi connectivity index (χ1) is 10.1. The SMILES string of the molecule is C=CCOc1ccccc1CNc1c(C)cc(Br)cc1C. The fourth-order valence-electron chi connectivity index (χ4n) is 2.31. The van der Waals surface area contributed by atoms with E-state index in [9.17, 15) is 0 Å². The fourth-order valence-corrected chi connectivity index (χ4v) is 3.00. The number of hydrogen-bond acceptors (Lipinski definition) is 2. The molecule has 2 aromatic carbocycles. The second-order valence-electron chi connectivity index (χ2n) is 4.98. The minimum Gasteiger partial charge on any atom is -0.489 e. The molecule has 0 aliphatic heterocycles. The van der Waals surface area contributed by atoms with Crippen LogP contribution in [0.4, 0.5) is 5.69 Å². The van der Waals surface area contributed by atoms with Crippen molar-refractivity contribution in [2.24, 2.45) is 0 Å². The zero-order valence-corrected chi connectivity index (χ0v) is 14.0. The number of hydrogen-bond donors (Lipinski definition) is 1. The van der Waals surface area contributed by atoms with Gasteiger partial charge in [-0.15, -0.1) is 0 Å². The Bertz CT molecular complexity index is 614. The van der Waals surface area contributed by atoms with E-state index >= 15 is 0 Å². The lowest BCUT2D eigenvalue weighted by molar-refractivity contribution is 0.359. The first-order valence-electron chi connectivity index (χ1n) is 6.94. The second kappa shape index (κ2) is 7.32. The Morgan fingerprint density at radius 3 is 2.52 bits per heavy atom. The lowest BCUT2D eigenvalue weighted by atomic mass is 10.1. The van der Waals surface area contributed by atoms with Crippen LogP contribution in [0.15, 0.2) is 53.5 Å². The highest BCUT2D eigenvalue weighted by atomic mass is 79.9. The summed E-state index contributed by atoms with van der Waals surface area (Å²) in [6.45, 7) is 9.16. The van der Waals surface area contributed by atoms with Gasteiger partial charge >= 0.3 is 0 Å². The van der Waals surface area contributed by atoms with Crippen molar-refractivity contribution < 1.29 is 4.74 Å². The molecule has 110 valence electrons. The number of halogens is 1. The van der Waals surface area contributed by atoms with Crippen LogP contribution in [0, 0.1) is 13.8 Å². The lowest BCUT2D eigenvalue weighted by Crippen LogP contribution is -2.05. The van der Waals surface area contributed by atoms with E-state index in [0.29, 0.717) is 6.61 Å². The minimum atomic E-state index is 0.521. The van der Waals surface area contributed by atoms with Crippen LogP contribution in [0.3, 0.4) is 0 Å². The molecule has 0 heterocycles. The molecule has 0 fully saturated rings. The van der Waals surface area contributed by atoms with Crippen molar-refractivity contribution in [3.8, 4) is 5.75 Å². The summed E-state index contributed by atoms with van der Waals surface area (Å²) in [4.78, 5) is 0. The van der Waals surface area contributed by atoms with Gasteiger partial charge in [-0.05, 0) is 43.2 Å². The predicted molar refractivity (Wildman–Crippen MR) is 93.1 cm³/mol. The maximum absolute atomic E-state index is 5.69. The van der Waals surface area contributed by atoms with E-state index in [1.165, 1.54) is 16.8 Å². The highest BCUT2D eigenvalue weighted by Gasteiger charge is 2.06. The van der Waals surface area contributed by atoms with E-state index in [0.717, 1.165) is 22.3 Å². The van der Waals surface area contributed by atoms with E-state index in [1.54, 1.807) is 6.08 Å². The topological polar surface area (TPSA) is 21.3 Å². The van der Waals surface area contributed by atoms with Crippen LogP contribution in [0.25, 0.3) is 0 Å². The third-order valence-corrected chi connectivity index (χ3v) is 3.74. The molecule has 0 saturated heterocycles. The highest BCUT2D eigenvalue weighted by Crippen LogP contribution is 2.27. The van der Waals surface area contributed by atoms with Gasteiger partial charge in [0.15, 0.2) is 0 Å². The van der Waals surface area contributed by atoms with E-state index in [-0.39, 0.29) is 0 Å². The summed E-state index contributed by atoms with van der Waals surface area (Å²) in [6, 6.07) is 12.3. The van der Waals surface area contributed by atoms with Gasteiger partial charge in [-0.2, -0.15) is 0 Å². The Labute approximate surface area is 135 Å². The molecule has 3 heteroatoms. The molecule has 2 aromatic rings. The Kier molecular flexibility index (Phi) is 5.45. The average molecular weight is 346 g/mol. The summed E-state index contributed by atoms with van der Waals surface area (Å²) in [5, 5.41) is 3.51. The third-order valence-electron chi connectivity index (χ3n) is 3.28. The monoisotopic (exact) mass is 345 g/mol. The number of nitrogens with one attached hydrogen (secondary N) is 1. The van der Waals surface area contributed by atoms with Crippen molar-refractivity contribution in [2.45, 2.75) is 20.4 Å². The molecule has 0 bridgehead atoms. The van der Waals surface area contributed by atoms with Crippen LogP contribution in [0.5, 0.6) is 5.75 Å². The predicted octanol–water partition coefficient (Wildman–Crippen LogP) is 5.24. The van der Waals surface area contributed by atoms with Crippen molar-refractivity contribution in [2.75, 3.05) is 11.9 Å². The number of aryl methyl sites for hydroxylation is 2. The molecule has 0 unspecified atom stereocenters. The largest absolute Gasteiger partial charge is 0.489 e. The summed E-state index contributed by atoms with van der Waals surface area (Å²) < 4.78 is 6.80. The zero-order chi connectivity index (χ0) is 15.2. The fraction of sp³-hybridized carbons (Fsp3) is 0.222. The van der Waals surface area contributed by atoms with Crippen LogP contribution in [0.1, 0.15) is 16.7 Å². The van der Waals surface area contributed by atoms with Gasteiger partial charge in [-0.25, -0.2) is 0 Å². The summed E-state index contributed by atoms with van der Waals surface area (Å²) in [7, 11) is 0. The van der Waals surface area contributed by atoms with Crippen molar-refractivity contribution >= 4 is 21.6 Å². The number of rotatable bonds is 6. The van der Waals surface area contributed by atoms with Crippen LogP contribution in [0.2, 0.25) is 0 Å². The summed E-state index contributed by atoms with van der Waals surface area (Å²) >= 11 is 3.53.